The van der Waals surface area contributed by atoms with Gasteiger partial charge in [-0.15, -0.1) is 5.10 Å². The molecule has 0 saturated heterocycles. The van der Waals surface area contributed by atoms with Crippen molar-refractivity contribution in [3.63, 3.8) is 0 Å². The minimum Gasteiger partial charge on any atom is -0.465 e. The Hall–Kier alpha value is -3.57. The van der Waals surface area contributed by atoms with Gasteiger partial charge in [-0.1, -0.05) is 40.2 Å². The van der Waals surface area contributed by atoms with Crippen LogP contribution in [0.4, 0.5) is 0 Å². The summed E-state index contributed by atoms with van der Waals surface area (Å²) < 4.78 is 11.3. The molecule has 3 aromatic rings. The van der Waals surface area contributed by atoms with Gasteiger partial charge in [0.2, 0.25) is 11.8 Å². The number of ether oxygens (including phenoxy) is 2. The average molecular weight is 451 g/mol. The molecule has 144 valence electrons. The average Bonchev–Trinajstić information content (AvgIpc) is 3.16. The molecule has 0 unspecified atom stereocenters. The zero-order valence-electron chi connectivity index (χ0n) is 15.3. The van der Waals surface area contributed by atoms with E-state index in [1.54, 1.807) is 24.3 Å². The highest BCUT2D eigenvalue weighted by molar-refractivity contribution is 9.10. The summed E-state index contributed by atoms with van der Waals surface area (Å²) in [7, 11) is 1.33. The van der Waals surface area contributed by atoms with Gasteiger partial charge in [-0.25, -0.2) is 4.79 Å². The number of hydrogen-bond acceptors (Lipinski definition) is 6. The number of fused-ring (bicyclic) bond motifs is 1. The third-order valence-electron chi connectivity index (χ3n) is 4.74. The summed E-state index contributed by atoms with van der Waals surface area (Å²) in [5.74, 6) is -0.594. The second-order valence-corrected chi connectivity index (χ2v) is 7.28. The summed E-state index contributed by atoms with van der Waals surface area (Å²) >= 11 is 3.43. The van der Waals surface area contributed by atoms with Crippen LogP contribution in [-0.2, 0) is 4.74 Å². The molecule has 1 atom stereocenters. The van der Waals surface area contributed by atoms with E-state index in [1.807, 2.05) is 24.3 Å². The number of H-pyrrole nitrogens is 1. The number of nitriles is 1. The molecule has 2 heterocycles. The molecule has 29 heavy (non-hydrogen) atoms. The predicted octanol–water partition coefficient (Wildman–Crippen LogP) is 3.84. The van der Waals surface area contributed by atoms with E-state index in [-0.39, 0.29) is 11.5 Å². The molecule has 1 aliphatic rings. The van der Waals surface area contributed by atoms with Gasteiger partial charge in [0.05, 0.1) is 29.8 Å². The van der Waals surface area contributed by atoms with E-state index in [2.05, 4.69) is 32.2 Å². The van der Waals surface area contributed by atoms with Crippen LogP contribution < -0.4 is 10.5 Å². The molecular weight excluding hydrogens is 436 g/mol. The number of aromatic nitrogens is 2. The summed E-state index contributed by atoms with van der Waals surface area (Å²) in [5, 5.41) is 17.0. The number of aromatic amines is 1. The summed E-state index contributed by atoms with van der Waals surface area (Å²) in [6.07, 6.45) is 0. The Morgan fingerprint density at radius 2 is 1.93 bits per heavy atom. The summed E-state index contributed by atoms with van der Waals surface area (Å²) in [4.78, 5) is 11.8. The number of esters is 1. The number of allylic oxidation sites excluding steroid dienone is 1. The van der Waals surface area contributed by atoms with Gasteiger partial charge in [-0.3, -0.25) is 5.10 Å². The highest BCUT2D eigenvalue weighted by Crippen LogP contribution is 2.45. The number of carbonyl (C=O) groups excluding carboxylic acids is 1. The molecule has 8 heteroatoms. The highest BCUT2D eigenvalue weighted by atomic mass is 79.9. The Bertz CT molecular complexity index is 1160. The van der Waals surface area contributed by atoms with Crippen molar-refractivity contribution in [2.45, 2.75) is 5.92 Å². The van der Waals surface area contributed by atoms with Crippen LogP contribution in [0.1, 0.15) is 27.4 Å². The molecule has 0 fully saturated rings. The van der Waals surface area contributed by atoms with Crippen LogP contribution >= 0.6 is 15.9 Å². The molecule has 0 spiro atoms. The quantitative estimate of drug-likeness (QED) is 0.585. The van der Waals surface area contributed by atoms with Crippen molar-refractivity contribution in [3.8, 4) is 23.2 Å². The first-order valence-corrected chi connectivity index (χ1v) is 9.42. The maximum Gasteiger partial charge on any atom is 0.337 e. The topological polar surface area (TPSA) is 114 Å². The van der Waals surface area contributed by atoms with Crippen LogP contribution in [0, 0.1) is 11.3 Å². The Kier molecular flexibility index (Phi) is 4.82. The summed E-state index contributed by atoms with van der Waals surface area (Å²) in [6.45, 7) is 0. The molecule has 1 aromatic heterocycles. The van der Waals surface area contributed by atoms with E-state index in [0.717, 1.165) is 21.3 Å². The molecular formula is C21H15BrN4O3. The minimum atomic E-state index is -0.493. The first-order valence-electron chi connectivity index (χ1n) is 8.63. The molecule has 7 nitrogen and oxygen atoms in total. The summed E-state index contributed by atoms with van der Waals surface area (Å²) in [5.41, 5.74) is 9.81. The normalized spacial score (nSPS) is 15.3. The molecule has 0 radical (unpaired) electrons. The van der Waals surface area contributed by atoms with E-state index < -0.39 is 11.9 Å². The van der Waals surface area contributed by atoms with E-state index in [1.165, 1.54) is 7.11 Å². The van der Waals surface area contributed by atoms with Crippen molar-refractivity contribution in [3.05, 3.63) is 81.2 Å². The lowest BCUT2D eigenvalue weighted by atomic mass is 9.83. The zero-order chi connectivity index (χ0) is 20.5. The van der Waals surface area contributed by atoms with Crippen LogP contribution in [0.2, 0.25) is 0 Å². The Morgan fingerprint density at radius 1 is 1.24 bits per heavy atom. The number of benzene rings is 2. The van der Waals surface area contributed by atoms with E-state index in [0.29, 0.717) is 17.0 Å². The number of halogens is 1. The van der Waals surface area contributed by atoms with Crippen molar-refractivity contribution in [1.82, 2.24) is 10.2 Å². The lowest BCUT2D eigenvalue weighted by Crippen LogP contribution is -2.21. The smallest absolute Gasteiger partial charge is 0.337 e. The van der Waals surface area contributed by atoms with E-state index in [4.69, 9.17) is 15.2 Å². The SMILES string of the molecule is COC(=O)c1ccc([C@H]2C(C#N)=C(N)Oc3n[nH]c(-c4ccc(Br)cc4)c32)cc1. The molecule has 0 bridgehead atoms. The van der Waals surface area contributed by atoms with E-state index in [9.17, 15) is 10.1 Å². The number of nitrogens with two attached hydrogens (primary N) is 1. The first kappa shape index (κ1) is 18.8. The number of nitrogens with zero attached hydrogens (tertiary/aromatic N) is 2. The van der Waals surface area contributed by atoms with Gasteiger partial charge in [-0.05, 0) is 29.8 Å². The first-order chi connectivity index (χ1) is 14.0. The molecule has 4 rings (SSSR count). The Labute approximate surface area is 174 Å². The lowest BCUT2D eigenvalue weighted by molar-refractivity contribution is 0.0600. The fourth-order valence-corrected chi connectivity index (χ4v) is 3.61. The largest absolute Gasteiger partial charge is 0.465 e. The molecule has 0 amide bonds. The van der Waals surface area contributed by atoms with Crippen LogP contribution in [0.5, 0.6) is 5.88 Å². The third kappa shape index (κ3) is 3.26. The van der Waals surface area contributed by atoms with Crippen molar-refractivity contribution >= 4 is 21.9 Å². The van der Waals surface area contributed by atoms with E-state index >= 15 is 0 Å². The highest BCUT2D eigenvalue weighted by Gasteiger charge is 2.35. The Balaban J connectivity index is 1.87. The lowest BCUT2D eigenvalue weighted by Gasteiger charge is -2.24. The molecule has 0 saturated carbocycles. The zero-order valence-corrected chi connectivity index (χ0v) is 16.9. The molecule has 1 aliphatic heterocycles. The van der Waals surface area contributed by atoms with Crippen LogP contribution in [0.15, 0.2) is 64.5 Å². The van der Waals surface area contributed by atoms with Gasteiger partial charge in [0.25, 0.3) is 0 Å². The second kappa shape index (κ2) is 7.45. The molecule has 3 N–H and O–H groups in total. The second-order valence-electron chi connectivity index (χ2n) is 6.36. The monoisotopic (exact) mass is 450 g/mol. The number of hydrogen-bond donors (Lipinski definition) is 2. The molecule has 0 aliphatic carbocycles. The standard InChI is InChI=1S/C21H15BrN4O3/c1-28-21(27)13-4-2-11(3-5-13)16-15(10-23)19(24)29-20-17(16)18(25-26-20)12-6-8-14(22)9-7-12/h2-9,16H,24H2,1H3,(H,25,26)/t16-/m0/s1. The maximum absolute atomic E-state index is 11.8. The van der Waals surface area contributed by atoms with Gasteiger partial charge < -0.3 is 15.2 Å². The number of nitrogens with one attached hydrogen (secondary N) is 1. The van der Waals surface area contributed by atoms with Crippen LogP contribution in [0.25, 0.3) is 11.3 Å². The third-order valence-corrected chi connectivity index (χ3v) is 5.27. The van der Waals surface area contributed by atoms with Crippen molar-refractivity contribution in [2.75, 3.05) is 7.11 Å². The van der Waals surface area contributed by atoms with Gasteiger partial charge in [-0.2, -0.15) is 5.26 Å². The summed E-state index contributed by atoms with van der Waals surface area (Å²) in [6, 6.07) is 16.7. The fourth-order valence-electron chi connectivity index (χ4n) is 3.34. The number of carbonyl (C=O) groups is 1. The van der Waals surface area contributed by atoms with Gasteiger partial charge >= 0.3 is 5.97 Å². The molecule has 2 aromatic carbocycles. The maximum atomic E-state index is 11.8. The predicted molar refractivity (Wildman–Crippen MR) is 109 cm³/mol. The van der Waals surface area contributed by atoms with Crippen molar-refractivity contribution < 1.29 is 14.3 Å². The van der Waals surface area contributed by atoms with Crippen LogP contribution in [0.3, 0.4) is 0 Å². The van der Waals surface area contributed by atoms with Gasteiger partial charge in [0.1, 0.15) is 11.6 Å². The van der Waals surface area contributed by atoms with Crippen LogP contribution in [-0.4, -0.2) is 23.3 Å². The number of rotatable bonds is 3. The fraction of sp³-hybridized carbons (Fsp3) is 0.0952. The number of methoxy groups -OCH3 is 1. The van der Waals surface area contributed by atoms with Crippen molar-refractivity contribution in [2.24, 2.45) is 5.73 Å². The Morgan fingerprint density at radius 3 is 2.55 bits per heavy atom. The minimum absolute atomic E-state index is 0.0101. The van der Waals surface area contributed by atoms with Crippen molar-refractivity contribution in [1.29, 1.82) is 5.26 Å². The van der Waals surface area contributed by atoms with Gasteiger partial charge in [0, 0.05) is 10.0 Å². The van der Waals surface area contributed by atoms with Gasteiger partial charge in [0.15, 0.2) is 0 Å².